The lowest BCUT2D eigenvalue weighted by Crippen LogP contribution is -2.35. The summed E-state index contributed by atoms with van der Waals surface area (Å²) in [4.78, 5) is 18.2. The average molecular weight is 522 g/mol. The summed E-state index contributed by atoms with van der Waals surface area (Å²) in [5.41, 5.74) is 6.20. The molecular weight excluding hydrogens is 490 g/mol. The van der Waals surface area contributed by atoms with Gasteiger partial charge in [0, 0.05) is 33.6 Å². The van der Waals surface area contributed by atoms with Crippen LogP contribution in [0, 0.1) is 24.7 Å². The van der Waals surface area contributed by atoms with Crippen molar-refractivity contribution in [2.75, 3.05) is 16.8 Å². The quantitative estimate of drug-likeness (QED) is 0.249. The van der Waals surface area contributed by atoms with E-state index < -0.39 is 0 Å². The summed E-state index contributed by atoms with van der Waals surface area (Å²) in [7, 11) is 0. The summed E-state index contributed by atoms with van der Waals surface area (Å²) in [6.07, 6.45) is 2.25. The third-order valence-corrected chi connectivity index (χ3v) is 7.17. The number of aliphatic imine (C=N–C) groups is 1. The maximum absolute atomic E-state index is 10.7. The predicted octanol–water partition coefficient (Wildman–Crippen LogP) is 7.25. The van der Waals surface area contributed by atoms with E-state index in [0.29, 0.717) is 16.7 Å². The maximum atomic E-state index is 10.7. The lowest BCUT2D eigenvalue weighted by molar-refractivity contribution is -0.114. The van der Waals surface area contributed by atoms with Crippen molar-refractivity contribution in [2.45, 2.75) is 47.5 Å². The first kappa shape index (κ1) is 27.3. The van der Waals surface area contributed by atoms with Crippen LogP contribution in [0.5, 0.6) is 0 Å². The molecule has 4 rings (SSSR count). The summed E-state index contributed by atoms with van der Waals surface area (Å²) in [6, 6.07) is 15.6. The zero-order valence-electron chi connectivity index (χ0n) is 21.3. The minimum atomic E-state index is -0.0248. The Labute approximate surface area is 222 Å². The Morgan fingerprint density at radius 2 is 1.75 bits per heavy atom. The third-order valence-electron chi connectivity index (χ3n) is 5.73. The number of amidine groups is 2. The molecule has 0 radical (unpaired) electrons. The molecule has 2 heterocycles. The van der Waals surface area contributed by atoms with Crippen molar-refractivity contribution < 1.29 is 4.79 Å². The van der Waals surface area contributed by atoms with E-state index in [9.17, 15) is 4.79 Å². The van der Waals surface area contributed by atoms with E-state index >= 15 is 0 Å². The van der Waals surface area contributed by atoms with Crippen molar-refractivity contribution in [3.8, 4) is 0 Å². The molecule has 0 saturated carbocycles. The Bertz CT molecular complexity index is 1290. The van der Waals surface area contributed by atoms with Gasteiger partial charge < -0.3 is 5.32 Å². The van der Waals surface area contributed by atoms with Gasteiger partial charge in [-0.15, -0.1) is 11.3 Å². The molecule has 1 aliphatic rings. The van der Waals surface area contributed by atoms with Crippen LogP contribution in [0.25, 0.3) is 0 Å². The third kappa shape index (κ3) is 6.47. The Morgan fingerprint density at radius 1 is 1.11 bits per heavy atom. The number of halogens is 1. The number of fused-ring (bicyclic) bond motifs is 1. The largest absolute Gasteiger partial charge is 0.326 e. The number of thiophene rings is 1. The van der Waals surface area contributed by atoms with Crippen LogP contribution < -0.4 is 10.2 Å². The summed E-state index contributed by atoms with van der Waals surface area (Å²) in [6.45, 7) is 9.77. The van der Waals surface area contributed by atoms with Crippen molar-refractivity contribution in [1.29, 1.82) is 10.8 Å². The lowest BCUT2D eigenvalue weighted by atomic mass is 10.00. The Hall–Kier alpha value is -3.29. The number of amides is 1. The van der Waals surface area contributed by atoms with Crippen molar-refractivity contribution in [1.82, 2.24) is 0 Å². The fraction of sp³-hybridized carbons (Fsp3) is 0.286. The van der Waals surface area contributed by atoms with E-state index in [1.165, 1.54) is 17.4 Å². The van der Waals surface area contributed by atoms with Gasteiger partial charge in [-0.25, -0.2) is 0 Å². The van der Waals surface area contributed by atoms with Crippen molar-refractivity contribution >= 4 is 56.9 Å². The standard InChI is InChI=1S/C17H17ClN4S.C11H15NO/c1-9-10(2)23-17-15(9)16(12-4-6-13(18)7-5-12)21-8-14(20)22(17)11(3)19;1-3-4-10-5-7-11(8-6-10)12-9(2)13/h4-7,19-20H,8H2,1-3H3;5-8H,3-4H2,1-2H3,(H,12,13). The Kier molecular flexibility index (Phi) is 9.18. The molecule has 1 amide bonds. The summed E-state index contributed by atoms with van der Waals surface area (Å²) >= 11 is 7.61. The lowest BCUT2D eigenvalue weighted by Gasteiger charge is -2.21. The molecule has 0 atom stereocenters. The zero-order valence-corrected chi connectivity index (χ0v) is 22.9. The fourth-order valence-electron chi connectivity index (χ4n) is 3.92. The van der Waals surface area contributed by atoms with Gasteiger partial charge in [0.05, 0.1) is 12.3 Å². The Morgan fingerprint density at radius 3 is 2.31 bits per heavy atom. The molecule has 0 fully saturated rings. The van der Waals surface area contributed by atoms with Crippen LogP contribution in [-0.4, -0.2) is 29.8 Å². The summed E-state index contributed by atoms with van der Waals surface area (Å²) in [5.74, 6) is 0.636. The first-order valence-electron chi connectivity index (χ1n) is 11.8. The minimum absolute atomic E-state index is 0.0248. The van der Waals surface area contributed by atoms with E-state index in [0.717, 1.165) is 45.9 Å². The highest BCUT2D eigenvalue weighted by Crippen LogP contribution is 2.39. The van der Waals surface area contributed by atoms with Crippen LogP contribution in [-0.2, 0) is 11.2 Å². The van der Waals surface area contributed by atoms with E-state index in [4.69, 9.17) is 22.4 Å². The topological polar surface area (TPSA) is 92.4 Å². The molecular formula is C28H32ClN5OS. The second-order valence-corrected chi connectivity index (χ2v) is 10.3. The van der Waals surface area contributed by atoms with E-state index in [1.54, 1.807) is 23.2 Å². The number of nitrogens with zero attached hydrogens (tertiary/aromatic N) is 2. The normalized spacial score (nSPS) is 12.7. The van der Waals surface area contributed by atoms with Gasteiger partial charge in [-0.05, 0) is 62.6 Å². The maximum Gasteiger partial charge on any atom is 0.221 e. The van der Waals surface area contributed by atoms with Crippen LogP contribution in [0.15, 0.2) is 53.5 Å². The molecule has 0 spiro atoms. The molecule has 0 saturated heterocycles. The second kappa shape index (κ2) is 12.1. The smallest absolute Gasteiger partial charge is 0.221 e. The second-order valence-electron chi connectivity index (χ2n) is 8.63. The van der Waals surface area contributed by atoms with Crippen LogP contribution >= 0.6 is 22.9 Å². The molecule has 36 heavy (non-hydrogen) atoms. The molecule has 3 N–H and O–H groups in total. The molecule has 0 unspecified atom stereocenters. The molecule has 3 aromatic rings. The average Bonchev–Trinajstić information content (AvgIpc) is 3.01. The summed E-state index contributed by atoms with van der Waals surface area (Å²) in [5, 5.41) is 20.7. The van der Waals surface area contributed by atoms with Crippen LogP contribution in [0.4, 0.5) is 10.7 Å². The molecule has 2 aromatic carbocycles. The van der Waals surface area contributed by atoms with Gasteiger partial charge in [-0.2, -0.15) is 0 Å². The predicted molar refractivity (Wildman–Crippen MR) is 154 cm³/mol. The number of carbonyl (C=O) groups excluding carboxylic acids is 1. The minimum Gasteiger partial charge on any atom is -0.326 e. The number of nitrogens with one attached hydrogen (secondary N) is 3. The number of rotatable bonds is 4. The highest BCUT2D eigenvalue weighted by Gasteiger charge is 2.28. The van der Waals surface area contributed by atoms with E-state index in [1.807, 2.05) is 36.4 Å². The first-order valence-corrected chi connectivity index (χ1v) is 13.0. The fourth-order valence-corrected chi connectivity index (χ4v) is 5.28. The van der Waals surface area contributed by atoms with Crippen LogP contribution in [0.3, 0.4) is 0 Å². The molecule has 1 aromatic heterocycles. The molecule has 188 valence electrons. The number of anilines is 2. The van der Waals surface area contributed by atoms with Crippen molar-refractivity contribution in [3.63, 3.8) is 0 Å². The molecule has 1 aliphatic heterocycles. The monoisotopic (exact) mass is 521 g/mol. The SMILES string of the molecule is CC(=N)N1C(=N)CN=C(c2ccc(Cl)cc2)c2c1sc(C)c2C.CCCc1ccc(NC(C)=O)cc1. The van der Waals surface area contributed by atoms with E-state index in [2.05, 4.69) is 43.2 Å². The number of benzene rings is 2. The van der Waals surface area contributed by atoms with E-state index in [-0.39, 0.29) is 12.5 Å². The number of hydrogen-bond donors (Lipinski definition) is 3. The van der Waals surface area contributed by atoms with Crippen LogP contribution in [0.2, 0.25) is 5.02 Å². The highest BCUT2D eigenvalue weighted by molar-refractivity contribution is 7.17. The van der Waals surface area contributed by atoms with Gasteiger partial charge in [0.2, 0.25) is 5.91 Å². The van der Waals surface area contributed by atoms with Gasteiger partial charge in [-0.3, -0.25) is 25.5 Å². The van der Waals surface area contributed by atoms with Gasteiger partial charge in [-0.1, -0.05) is 49.2 Å². The molecule has 6 nitrogen and oxygen atoms in total. The molecule has 0 aliphatic carbocycles. The molecule has 8 heteroatoms. The molecule has 0 bridgehead atoms. The van der Waals surface area contributed by atoms with Crippen molar-refractivity contribution in [3.05, 3.63) is 80.7 Å². The number of carbonyl (C=O) groups is 1. The summed E-state index contributed by atoms with van der Waals surface area (Å²) < 4.78 is 0. The van der Waals surface area contributed by atoms with Gasteiger partial charge in [0.25, 0.3) is 0 Å². The number of aryl methyl sites for hydroxylation is 2. The number of hydrogen-bond acceptors (Lipinski definition) is 5. The first-order chi connectivity index (χ1) is 17.1. The Balaban J connectivity index is 0.000000236. The van der Waals surface area contributed by atoms with Gasteiger partial charge in [0.15, 0.2) is 0 Å². The van der Waals surface area contributed by atoms with Crippen LogP contribution in [0.1, 0.15) is 54.3 Å². The zero-order chi connectivity index (χ0) is 26.4. The van der Waals surface area contributed by atoms with Crippen molar-refractivity contribution in [2.24, 2.45) is 4.99 Å². The highest BCUT2D eigenvalue weighted by atomic mass is 35.5. The van der Waals surface area contributed by atoms with Gasteiger partial charge >= 0.3 is 0 Å². The van der Waals surface area contributed by atoms with Gasteiger partial charge in [0.1, 0.15) is 16.7 Å².